The Morgan fingerprint density at radius 1 is 0.810 bits per heavy atom. The minimum atomic E-state index is -0.747. The molecule has 3 aliphatic rings. The Morgan fingerprint density at radius 2 is 1.33 bits per heavy atom. The molecule has 2 atom stereocenters. The second-order valence-corrected chi connectivity index (χ2v) is 4.80. The SMILES string of the molecule is C1CO1.CC1OC(=O)C(C)OC1=O.O=C1CCCCCO1. The summed E-state index contributed by atoms with van der Waals surface area (Å²) in [6, 6.07) is 0. The third-order valence-electron chi connectivity index (χ3n) is 2.74. The van der Waals surface area contributed by atoms with Gasteiger partial charge < -0.3 is 18.9 Å². The summed E-state index contributed by atoms with van der Waals surface area (Å²) in [7, 11) is 0. The highest BCUT2D eigenvalue weighted by Gasteiger charge is 2.32. The summed E-state index contributed by atoms with van der Waals surface area (Å²) in [6.07, 6.45) is 2.34. The molecule has 0 N–H and O–H groups in total. The Kier molecular flexibility index (Phi) is 7.74. The van der Waals surface area contributed by atoms with Gasteiger partial charge in [0.25, 0.3) is 0 Å². The van der Waals surface area contributed by atoms with Gasteiger partial charge in [0.05, 0.1) is 19.8 Å². The lowest BCUT2D eigenvalue weighted by Gasteiger charge is -2.22. The molecule has 0 aromatic carbocycles. The van der Waals surface area contributed by atoms with E-state index in [4.69, 9.17) is 4.74 Å². The maximum absolute atomic E-state index is 10.7. The second kappa shape index (κ2) is 9.33. The summed E-state index contributed by atoms with van der Waals surface area (Å²) in [5.41, 5.74) is 0. The number of cyclic esters (lactones) is 3. The van der Waals surface area contributed by atoms with Gasteiger partial charge in [0, 0.05) is 6.42 Å². The van der Waals surface area contributed by atoms with Crippen molar-refractivity contribution in [1.29, 1.82) is 0 Å². The fourth-order valence-electron chi connectivity index (χ4n) is 1.44. The molecule has 0 aromatic rings. The maximum atomic E-state index is 10.7. The fourth-order valence-corrected chi connectivity index (χ4v) is 1.44. The number of carbonyl (C=O) groups is 3. The van der Waals surface area contributed by atoms with Crippen molar-refractivity contribution in [3.63, 3.8) is 0 Å². The molecule has 120 valence electrons. The molecule has 3 heterocycles. The van der Waals surface area contributed by atoms with Gasteiger partial charge in [-0.05, 0) is 33.1 Å². The van der Waals surface area contributed by atoms with Crippen molar-refractivity contribution in [2.24, 2.45) is 0 Å². The topological polar surface area (TPSA) is 91.4 Å². The van der Waals surface area contributed by atoms with E-state index in [0.29, 0.717) is 13.0 Å². The van der Waals surface area contributed by atoms with E-state index in [1.807, 2.05) is 0 Å². The molecule has 0 spiro atoms. The number of epoxide rings is 1. The van der Waals surface area contributed by atoms with Crippen LogP contribution in [-0.4, -0.2) is 49.9 Å². The number of carbonyl (C=O) groups excluding carboxylic acids is 3. The van der Waals surface area contributed by atoms with Crippen LogP contribution in [0.15, 0.2) is 0 Å². The molecule has 0 radical (unpaired) electrons. The van der Waals surface area contributed by atoms with Crippen LogP contribution in [0.25, 0.3) is 0 Å². The van der Waals surface area contributed by atoms with E-state index in [-0.39, 0.29) is 5.97 Å². The van der Waals surface area contributed by atoms with E-state index in [0.717, 1.165) is 32.5 Å². The van der Waals surface area contributed by atoms with Gasteiger partial charge in [0.15, 0.2) is 12.2 Å². The van der Waals surface area contributed by atoms with Crippen LogP contribution in [0.1, 0.15) is 39.5 Å². The molecule has 0 amide bonds. The Labute approximate surface area is 123 Å². The predicted octanol–water partition coefficient (Wildman–Crippen LogP) is 0.984. The van der Waals surface area contributed by atoms with Crippen LogP contribution in [0.3, 0.4) is 0 Å². The largest absolute Gasteiger partial charge is 0.466 e. The lowest BCUT2D eigenvalue weighted by molar-refractivity contribution is -0.191. The molecule has 2 unspecified atom stereocenters. The number of ether oxygens (including phenoxy) is 4. The van der Waals surface area contributed by atoms with Crippen molar-refractivity contribution in [2.75, 3.05) is 19.8 Å². The fraction of sp³-hybridized carbons (Fsp3) is 0.786. The first-order valence-electron chi connectivity index (χ1n) is 7.15. The van der Waals surface area contributed by atoms with E-state index in [2.05, 4.69) is 14.2 Å². The summed E-state index contributed by atoms with van der Waals surface area (Å²) >= 11 is 0. The van der Waals surface area contributed by atoms with Crippen molar-refractivity contribution >= 4 is 17.9 Å². The summed E-state index contributed by atoms with van der Waals surface area (Å²) in [5.74, 6) is -0.985. The van der Waals surface area contributed by atoms with E-state index in [9.17, 15) is 14.4 Å². The molecule has 3 saturated heterocycles. The Balaban J connectivity index is 0.000000178. The summed E-state index contributed by atoms with van der Waals surface area (Å²) in [5, 5.41) is 0. The molecule has 0 aliphatic carbocycles. The van der Waals surface area contributed by atoms with E-state index < -0.39 is 24.1 Å². The minimum Gasteiger partial charge on any atom is -0.466 e. The molecular weight excluding hydrogens is 280 g/mol. The highest BCUT2D eigenvalue weighted by atomic mass is 16.6. The molecule has 3 aliphatic heterocycles. The summed E-state index contributed by atoms with van der Waals surface area (Å²) < 4.78 is 18.5. The van der Waals surface area contributed by atoms with Gasteiger partial charge in [-0.15, -0.1) is 0 Å². The molecule has 0 bridgehead atoms. The monoisotopic (exact) mass is 302 g/mol. The maximum Gasteiger partial charge on any atom is 0.347 e. The first kappa shape index (κ1) is 17.4. The van der Waals surface area contributed by atoms with E-state index in [1.165, 1.54) is 13.8 Å². The molecular formula is C14H22O7. The normalized spacial score (nSPS) is 27.4. The van der Waals surface area contributed by atoms with Crippen molar-refractivity contribution in [3.05, 3.63) is 0 Å². The lowest BCUT2D eigenvalue weighted by Crippen LogP contribution is -2.40. The molecule has 7 nitrogen and oxygen atoms in total. The van der Waals surface area contributed by atoms with Gasteiger partial charge in [0.1, 0.15) is 0 Å². The van der Waals surface area contributed by atoms with Crippen LogP contribution < -0.4 is 0 Å². The van der Waals surface area contributed by atoms with Crippen molar-refractivity contribution < 1.29 is 33.3 Å². The molecule has 0 aromatic heterocycles. The first-order valence-corrected chi connectivity index (χ1v) is 7.15. The highest BCUT2D eigenvalue weighted by molar-refractivity contribution is 5.86. The number of hydrogen-bond donors (Lipinski definition) is 0. The standard InChI is InChI=1S/C6H8O4.C6H10O2.C2H4O/c1-3-5(7)10-4(2)6(8)9-3;7-6-4-2-1-3-5-8-6;1-2-3-1/h3-4H,1-2H3;1-5H2;1-2H2. The van der Waals surface area contributed by atoms with Crippen molar-refractivity contribution in [1.82, 2.24) is 0 Å². The highest BCUT2D eigenvalue weighted by Crippen LogP contribution is 2.08. The van der Waals surface area contributed by atoms with Crippen LogP contribution >= 0.6 is 0 Å². The molecule has 3 fully saturated rings. The van der Waals surface area contributed by atoms with Gasteiger partial charge in [0.2, 0.25) is 0 Å². The Bertz CT molecular complexity index is 332. The molecule has 3 rings (SSSR count). The van der Waals surface area contributed by atoms with Crippen LogP contribution in [0.2, 0.25) is 0 Å². The number of rotatable bonds is 0. The average Bonchev–Trinajstić information content (AvgIpc) is 3.28. The minimum absolute atomic E-state index is 0.0255. The number of hydrogen-bond acceptors (Lipinski definition) is 7. The third kappa shape index (κ3) is 8.29. The second-order valence-electron chi connectivity index (χ2n) is 4.80. The van der Waals surface area contributed by atoms with Crippen LogP contribution in [0.4, 0.5) is 0 Å². The van der Waals surface area contributed by atoms with Gasteiger partial charge in [-0.3, -0.25) is 4.79 Å². The first-order chi connectivity index (χ1) is 10.0. The molecule has 7 heteroatoms. The average molecular weight is 302 g/mol. The van der Waals surface area contributed by atoms with Crippen LogP contribution in [-0.2, 0) is 33.3 Å². The Hall–Kier alpha value is -1.63. The van der Waals surface area contributed by atoms with Crippen molar-refractivity contribution in [3.8, 4) is 0 Å². The predicted molar refractivity (Wildman–Crippen MR) is 71.4 cm³/mol. The molecule has 21 heavy (non-hydrogen) atoms. The Morgan fingerprint density at radius 3 is 1.81 bits per heavy atom. The summed E-state index contributed by atoms with van der Waals surface area (Å²) in [6.45, 7) is 5.59. The van der Waals surface area contributed by atoms with Gasteiger partial charge in [-0.2, -0.15) is 0 Å². The van der Waals surface area contributed by atoms with Crippen LogP contribution in [0, 0.1) is 0 Å². The van der Waals surface area contributed by atoms with E-state index in [1.54, 1.807) is 0 Å². The zero-order chi connectivity index (χ0) is 15.7. The van der Waals surface area contributed by atoms with Crippen molar-refractivity contribution in [2.45, 2.75) is 51.7 Å². The van der Waals surface area contributed by atoms with Crippen LogP contribution in [0.5, 0.6) is 0 Å². The zero-order valence-corrected chi connectivity index (χ0v) is 12.5. The van der Waals surface area contributed by atoms with Gasteiger partial charge >= 0.3 is 17.9 Å². The summed E-state index contributed by atoms with van der Waals surface area (Å²) in [4.78, 5) is 31.8. The quantitative estimate of drug-likeness (QED) is 0.374. The van der Waals surface area contributed by atoms with Gasteiger partial charge in [-0.25, -0.2) is 9.59 Å². The smallest absolute Gasteiger partial charge is 0.347 e. The lowest BCUT2D eigenvalue weighted by atomic mass is 10.2. The van der Waals surface area contributed by atoms with E-state index >= 15 is 0 Å². The zero-order valence-electron chi connectivity index (χ0n) is 12.5. The third-order valence-corrected chi connectivity index (χ3v) is 2.74. The number of esters is 3. The molecule has 0 saturated carbocycles. The van der Waals surface area contributed by atoms with Gasteiger partial charge in [-0.1, -0.05) is 0 Å².